The molecule has 3 heterocycles. The number of oxime groups is 1. The molecule has 2 aromatic rings. The predicted molar refractivity (Wildman–Crippen MR) is 121 cm³/mol. The Kier molecular flexibility index (Phi) is 5.82. The first-order chi connectivity index (χ1) is 14.8. The number of piperazine rings is 1. The molecule has 4 rings (SSSR count). The lowest BCUT2D eigenvalue weighted by Gasteiger charge is -2.36. The van der Waals surface area contributed by atoms with Crippen molar-refractivity contribution in [3.8, 4) is 0 Å². The molecule has 0 saturated carbocycles. The molecule has 31 heavy (non-hydrogen) atoms. The fraction of sp³-hybridized carbons (Fsp3) is 0.348. The molecule has 0 bridgehead atoms. The van der Waals surface area contributed by atoms with Crippen LogP contribution in [0.15, 0.2) is 53.2 Å². The van der Waals surface area contributed by atoms with Crippen molar-refractivity contribution in [2.45, 2.75) is 26.4 Å². The van der Waals surface area contributed by atoms with Gasteiger partial charge >= 0.3 is 12.1 Å². The van der Waals surface area contributed by atoms with E-state index in [1.807, 2.05) is 69.3 Å². The first kappa shape index (κ1) is 21.1. The van der Waals surface area contributed by atoms with Crippen molar-refractivity contribution in [2.24, 2.45) is 5.16 Å². The third-order valence-electron chi connectivity index (χ3n) is 4.88. The number of rotatable bonds is 3. The van der Waals surface area contributed by atoms with Crippen molar-refractivity contribution in [3.63, 3.8) is 0 Å². The maximum absolute atomic E-state index is 12.3. The summed E-state index contributed by atoms with van der Waals surface area (Å²) in [5.74, 6) is -0.445. The number of nitrogens with zero attached hydrogens (tertiary/aromatic N) is 3. The lowest BCUT2D eigenvalue weighted by atomic mass is 10.0. The van der Waals surface area contributed by atoms with E-state index in [-0.39, 0.29) is 6.09 Å². The van der Waals surface area contributed by atoms with Gasteiger partial charge in [-0.3, -0.25) is 0 Å². The van der Waals surface area contributed by atoms with Crippen LogP contribution >= 0.6 is 11.3 Å². The number of benzene rings is 1. The highest BCUT2D eigenvalue weighted by Crippen LogP contribution is 2.30. The summed E-state index contributed by atoms with van der Waals surface area (Å²) < 4.78 is 5.46. The highest BCUT2D eigenvalue weighted by Gasteiger charge is 2.28. The molecule has 1 fully saturated rings. The Labute approximate surface area is 185 Å². The minimum Gasteiger partial charge on any atom is -0.444 e. The van der Waals surface area contributed by atoms with Crippen molar-refractivity contribution in [3.05, 3.63) is 58.5 Å². The van der Waals surface area contributed by atoms with Crippen LogP contribution in [0.5, 0.6) is 0 Å². The van der Waals surface area contributed by atoms with Gasteiger partial charge in [0.15, 0.2) is 0 Å². The molecule has 0 spiro atoms. The molecule has 0 atom stereocenters. The maximum atomic E-state index is 12.3. The van der Waals surface area contributed by atoms with Crippen LogP contribution in [0.25, 0.3) is 6.08 Å². The predicted octanol–water partition coefficient (Wildman–Crippen LogP) is 4.15. The van der Waals surface area contributed by atoms with Crippen molar-refractivity contribution in [1.82, 2.24) is 4.90 Å². The summed E-state index contributed by atoms with van der Waals surface area (Å²) in [6.45, 7) is 8.30. The van der Waals surface area contributed by atoms with Crippen LogP contribution in [0.2, 0.25) is 0 Å². The monoisotopic (exact) mass is 439 g/mol. The quantitative estimate of drug-likeness (QED) is 0.531. The van der Waals surface area contributed by atoms with E-state index in [9.17, 15) is 9.59 Å². The Morgan fingerprint density at radius 3 is 2.48 bits per heavy atom. The number of thiophene rings is 1. The Balaban J connectivity index is 1.43. The van der Waals surface area contributed by atoms with Gasteiger partial charge in [0, 0.05) is 36.6 Å². The zero-order chi connectivity index (χ0) is 22.0. The topological polar surface area (TPSA) is 71.4 Å². The largest absolute Gasteiger partial charge is 0.444 e. The molecular formula is C23H25N3O4S. The van der Waals surface area contributed by atoms with Gasteiger partial charge in [-0.05, 0) is 39.0 Å². The molecule has 0 radical (unpaired) electrons. The van der Waals surface area contributed by atoms with Gasteiger partial charge < -0.3 is 19.4 Å². The van der Waals surface area contributed by atoms with Crippen LogP contribution in [0.1, 0.15) is 31.2 Å². The van der Waals surface area contributed by atoms with Crippen LogP contribution in [-0.4, -0.2) is 54.5 Å². The normalized spacial score (nSPS) is 18.2. The molecule has 7 nitrogen and oxygen atoms in total. The van der Waals surface area contributed by atoms with Crippen LogP contribution in [0, 0.1) is 0 Å². The van der Waals surface area contributed by atoms with E-state index < -0.39 is 11.6 Å². The number of hydrogen-bond acceptors (Lipinski definition) is 7. The fourth-order valence-electron chi connectivity index (χ4n) is 3.38. The van der Waals surface area contributed by atoms with Crippen molar-refractivity contribution < 1.29 is 19.2 Å². The second-order valence-corrected chi connectivity index (χ2v) is 9.47. The first-order valence-electron chi connectivity index (χ1n) is 10.2. The fourth-order valence-corrected chi connectivity index (χ4v) is 4.38. The summed E-state index contributed by atoms with van der Waals surface area (Å²) in [6, 6.07) is 13.6. The first-order valence-corrected chi connectivity index (χ1v) is 11.0. The Hall–Kier alpha value is -3.13. The maximum Gasteiger partial charge on any atom is 0.410 e. The van der Waals surface area contributed by atoms with Gasteiger partial charge in [0.05, 0.1) is 10.6 Å². The molecule has 2 aliphatic rings. The minimum absolute atomic E-state index is 0.267. The Morgan fingerprint density at radius 2 is 1.81 bits per heavy atom. The second-order valence-electron chi connectivity index (χ2n) is 8.37. The molecule has 1 aromatic carbocycles. The van der Waals surface area contributed by atoms with E-state index in [0.717, 1.165) is 28.5 Å². The van der Waals surface area contributed by atoms with Gasteiger partial charge in [-0.15, -0.1) is 11.3 Å². The molecule has 1 saturated heterocycles. The van der Waals surface area contributed by atoms with E-state index in [0.29, 0.717) is 24.4 Å². The third kappa shape index (κ3) is 4.96. The smallest absolute Gasteiger partial charge is 0.410 e. The van der Waals surface area contributed by atoms with E-state index in [1.54, 1.807) is 16.2 Å². The van der Waals surface area contributed by atoms with Crippen LogP contribution < -0.4 is 4.90 Å². The SMILES string of the molecule is CC(C)(C)OC(=O)N1CCN(c2ccc(C=C3C(=O)ON=C3c3ccccc3)s2)CC1. The van der Waals surface area contributed by atoms with Gasteiger partial charge in [-0.1, -0.05) is 35.5 Å². The zero-order valence-electron chi connectivity index (χ0n) is 17.8. The number of ether oxygens (including phenoxy) is 1. The summed E-state index contributed by atoms with van der Waals surface area (Å²) in [4.78, 5) is 34.3. The summed E-state index contributed by atoms with van der Waals surface area (Å²) in [5, 5.41) is 5.05. The number of hydrogen-bond donors (Lipinski definition) is 0. The lowest BCUT2D eigenvalue weighted by molar-refractivity contribution is -0.136. The van der Waals surface area contributed by atoms with Gasteiger partial charge in [-0.2, -0.15) is 0 Å². The molecule has 8 heteroatoms. The minimum atomic E-state index is -0.492. The van der Waals surface area contributed by atoms with Crippen LogP contribution in [-0.2, 0) is 14.4 Å². The standard InChI is InChI=1S/C23H25N3O4S/c1-23(2,3)29-22(28)26-13-11-25(12-14-26)19-10-9-17(31-19)15-18-20(24-30-21(18)27)16-7-5-4-6-8-16/h4-10,15H,11-14H2,1-3H3. The summed E-state index contributed by atoms with van der Waals surface area (Å²) in [6.07, 6.45) is 1.56. The number of carbonyl (C=O) groups excluding carboxylic acids is 2. The van der Waals surface area contributed by atoms with E-state index in [4.69, 9.17) is 9.57 Å². The molecule has 0 unspecified atom stereocenters. The zero-order valence-corrected chi connectivity index (χ0v) is 18.6. The van der Waals surface area contributed by atoms with E-state index in [1.165, 1.54) is 0 Å². The summed E-state index contributed by atoms with van der Waals surface area (Å²) >= 11 is 1.60. The molecule has 1 aromatic heterocycles. The van der Waals surface area contributed by atoms with Gasteiger partial charge in [0.25, 0.3) is 0 Å². The van der Waals surface area contributed by atoms with Gasteiger partial charge in [0.1, 0.15) is 11.3 Å². The molecule has 162 valence electrons. The molecular weight excluding hydrogens is 414 g/mol. The number of anilines is 1. The second kappa shape index (κ2) is 8.55. The van der Waals surface area contributed by atoms with Gasteiger partial charge in [-0.25, -0.2) is 9.59 Å². The molecule has 0 aliphatic carbocycles. The van der Waals surface area contributed by atoms with Crippen molar-refractivity contribution >= 4 is 40.2 Å². The van der Waals surface area contributed by atoms with Crippen LogP contribution in [0.4, 0.5) is 9.80 Å². The third-order valence-corrected chi connectivity index (χ3v) is 5.98. The average molecular weight is 440 g/mol. The average Bonchev–Trinajstić information content (AvgIpc) is 3.35. The highest BCUT2D eigenvalue weighted by molar-refractivity contribution is 7.17. The number of amides is 1. The highest BCUT2D eigenvalue weighted by atomic mass is 32.1. The lowest BCUT2D eigenvalue weighted by Crippen LogP contribution is -2.49. The molecule has 2 aliphatic heterocycles. The molecule has 0 N–H and O–H groups in total. The van der Waals surface area contributed by atoms with Gasteiger partial charge in [0.2, 0.25) is 0 Å². The summed E-state index contributed by atoms with van der Waals surface area (Å²) in [7, 11) is 0. The number of carbonyl (C=O) groups is 2. The molecule has 1 amide bonds. The Bertz CT molecular complexity index is 1030. The van der Waals surface area contributed by atoms with Crippen LogP contribution in [0.3, 0.4) is 0 Å². The Morgan fingerprint density at radius 1 is 1.10 bits per heavy atom. The van der Waals surface area contributed by atoms with Crippen molar-refractivity contribution in [1.29, 1.82) is 0 Å². The van der Waals surface area contributed by atoms with E-state index in [2.05, 4.69) is 10.1 Å². The van der Waals surface area contributed by atoms with E-state index >= 15 is 0 Å². The van der Waals surface area contributed by atoms with Crippen molar-refractivity contribution in [2.75, 3.05) is 31.1 Å². The summed E-state index contributed by atoms with van der Waals surface area (Å²) in [5.41, 5.74) is 1.35.